The fourth-order valence-electron chi connectivity index (χ4n) is 4.99. The summed E-state index contributed by atoms with van der Waals surface area (Å²) in [4.78, 5) is 16.0. The lowest BCUT2D eigenvalue weighted by molar-refractivity contribution is -0.122. The quantitative estimate of drug-likeness (QED) is 0.508. The minimum Gasteiger partial charge on any atom is -0.494 e. The molecule has 2 aromatic rings. The average Bonchev–Trinajstić information content (AvgIpc) is 3.32. The number of amides is 1. The molecule has 4 nitrogen and oxygen atoms in total. The van der Waals surface area contributed by atoms with Crippen molar-refractivity contribution in [2.75, 3.05) is 31.6 Å². The molecule has 0 bridgehead atoms. The van der Waals surface area contributed by atoms with Crippen molar-refractivity contribution in [1.29, 1.82) is 0 Å². The zero-order valence-electron chi connectivity index (χ0n) is 18.2. The van der Waals surface area contributed by atoms with E-state index in [9.17, 15) is 4.79 Å². The third-order valence-electron chi connectivity index (χ3n) is 6.73. The van der Waals surface area contributed by atoms with Gasteiger partial charge >= 0.3 is 0 Å². The first-order valence-electron chi connectivity index (χ1n) is 11.7. The van der Waals surface area contributed by atoms with E-state index in [-0.39, 0.29) is 5.91 Å². The first-order chi connectivity index (χ1) is 15.2. The van der Waals surface area contributed by atoms with Crippen LogP contribution >= 0.6 is 11.6 Å². The lowest BCUT2D eigenvalue weighted by Gasteiger charge is -2.37. The van der Waals surface area contributed by atoms with Crippen LogP contribution in [0.4, 0.5) is 5.69 Å². The Morgan fingerprint density at radius 2 is 1.68 bits per heavy atom. The van der Waals surface area contributed by atoms with Gasteiger partial charge in [-0.3, -0.25) is 4.79 Å². The number of nitrogens with one attached hydrogen (secondary N) is 1. The molecule has 1 aliphatic carbocycles. The highest BCUT2D eigenvalue weighted by Crippen LogP contribution is 2.43. The molecular formula is C26H33ClN2O2. The SMILES string of the molecule is O=C(Nc1ccc(OCCCN2CCCC2)cc1)C1(c2ccccc2Cl)CCCCC1. The van der Waals surface area contributed by atoms with Crippen LogP contribution in [-0.4, -0.2) is 37.0 Å². The third-order valence-corrected chi connectivity index (χ3v) is 7.06. The lowest BCUT2D eigenvalue weighted by atomic mass is 9.68. The van der Waals surface area contributed by atoms with Crippen molar-refractivity contribution in [3.63, 3.8) is 0 Å². The summed E-state index contributed by atoms with van der Waals surface area (Å²) in [6.07, 6.45) is 8.62. The van der Waals surface area contributed by atoms with Crippen LogP contribution in [0.5, 0.6) is 5.75 Å². The molecule has 31 heavy (non-hydrogen) atoms. The van der Waals surface area contributed by atoms with E-state index < -0.39 is 5.41 Å². The standard InChI is InChI=1S/C26H33ClN2O2/c27-24-10-3-2-9-23(24)26(15-4-1-5-16-26)25(30)28-21-11-13-22(14-12-21)31-20-8-19-29-17-6-7-18-29/h2-3,9-14H,1,4-8,15-20H2,(H,28,30). The van der Waals surface area contributed by atoms with E-state index >= 15 is 0 Å². The maximum atomic E-state index is 13.5. The summed E-state index contributed by atoms with van der Waals surface area (Å²) in [5.74, 6) is 0.887. The van der Waals surface area contributed by atoms with E-state index in [0.29, 0.717) is 5.02 Å². The second-order valence-corrected chi connectivity index (χ2v) is 9.26. The van der Waals surface area contributed by atoms with Gasteiger partial charge in [0, 0.05) is 17.3 Å². The van der Waals surface area contributed by atoms with E-state index in [1.54, 1.807) is 0 Å². The van der Waals surface area contributed by atoms with Crippen molar-refractivity contribution in [1.82, 2.24) is 4.90 Å². The average molecular weight is 441 g/mol. The number of carbonyl (C=O) groups is 1. The molecule has 2 aliphatic rings. The smallest absolute Gasteiger partial charge is 0.235 e. The number of ether oxygens (including phenoxy) is 1. The molecule has 1 aliphatic heterocycles. The van der Waals surface area contributed by atoms with Gasteiger partial charge in [-0.05, 0) is 81.1 Å². The molecule has 1 saturated carbocycles. The van der Waals surface area contributed by atoms with Crippen LogP contribution < -0.4 is 10.1 Å². The van der Waals surface area contributed by atoms with Crippen LogP contribution in [0.15, 0.2) is 48.5 Å². The monoisotopic (exact) mass is 440 g/mol. The number of likely N-dealkylation sites (tertiary alicyclic amines) is 1. The molecule has 1 heterocycles. The van der Waals surface area contributed by atoms with E-state index in [4.69, 9.17) is 16.3 Å². The maximum Gasteiger partial charge on any atom is 0.235 e. The Kier molecular flexibility index (Phi) is 7.52. The minimum absolute atomic E-state index is 0.0413. The van der Waals surface area contributed by atoms with Gasteiger partial charge in [-0.2, -0.15) is 0 Å². The van der Waals surface area contributed by atoms with E-state index in [0.717, 1.165) is 62.3 Å². The molecule has 0 spiro atoms. The van der Waals surface area contributed by atoms with Crippen molar-refractivity contribution in [2.24, 2.45) is 0 Å². The Morgan fingerprint density at radius 3 is 2.39 bits per heavy atom. The molecule has 4 rings (SSSR count). The zero-order chi connectivity index (χ0) is 21.5. The second-order valence-electron chi connectivity index (χ2n) is 8.85. The van der Waals surface area contributed by atoms with Crippen LogP contribution in [0, 0.1) is 0 Å². The first-order valence-corrected chi connectivity index (χ1v) is 12.1. The van der Waals surface area contributed by atoms with Gasteiger partial charge < -0.3 is 15.0 Å². The Balaban J connectivity index is 1.36. The lowest BCUT2D eigenvalue weighted by Crippen LogP contribution is -2.42. The largest absolute Gasteiger partial charge is 0.494 e. The summed E-state index contributed by atoms with van der Waals surface area (Å²) in [7, 11) is 0. The van der Waals surface area contributed by atoms with Crippen LogP contribution in [0.2, 0.25) is 5.02 Å². The van der Waals surface area contributed by atoms with Crippen molar-refractivity contribution in [2.45, 2.75) is 56.8 Å². The predicted octanol–water partition coefficient (Wildman–Crippen LogP) is 6.05. The Labute approximate surface area is 190 Å². The van der Waals surface area contributed by atoms with Crippen LogP contribution in [0.1, 0.15) is 56.9 Å². The fraction of sp³-hybridized carbons (Fsp3) is 0.500. The number of carbonyl (C=O) groups excluding carboxylic acids is 1. The van der Waals surface area contributed by atoms with Gasteiger partial charge in [-0.15, -0.1) is 0 Å². The minimum atomic E-state index is -0.554. The Bertz CT molecular complexity index is 856. The molecule has 2 fully saturated rings. The summed E-state index contributed by atoms with van der Waals surface area (Å²) < 4.78 is 5.89. The maximum absolute atomic E-state index is 13.5. The highest BCUT2D eigenvalue weighted by molar-refractivity contribution is 6.31. The van der Waals surface area contributed by atoms with Crippen molar-refractivity contribution in [3.05, 3.63) is 59.1 Å². The van der Waals surface area contributed by atoms with Crippen LogP contribution in [0.3, 0.4) is 0 Å². The molecule has 2 aromatic carbocycles. The van der Waals surface area contributed by atoms with Crippen LogP contribution in [-0.2, 0) is 10.2 Å². The summed E-state index contributed by atoms with van der Waals surface area (Å²) >= 11 is 6.52. The fourth-order valence-corrected chi connectivity index (χ4v) is 5.31. The first kappa shape index (κ1) is 22.2. The zero-order valence-corrected chi connectivity index (χ0v) is 19.0. The number of anilines is 1. The molecule has 5 heteroatoms. The van der Waals surface area contributed by atoms with E-state index in [1.807, 2.05) is 48.5 Å². The van der Waals surface area contributed by atoms with Gasteiger partial charge in [0.15, 0.2) is 0 Å². The number of halogens is 1. The van der Waals surface area contributed by atoms with E-state index in [1.165, 1.54) is 32.4 Å². The van der Waals surface area contributed by atoms with Gasteiger partial charge in [0.1, 0.15) is 5.75 Å². The topological polar surface area (TPSA) is 41.6 Å². The number of hydrogen-bond acceptors (Lipinski definition) is 3. The Hall–Kier alpha value is -2.04. The Morgan fingerprint density at radius 1 is 0.968 bits per heavy atom. The summed E-state index contributed by atoms with van der Waals surface area (Å²) in [5, 5.41) is 3.83. The molecule has 0 atom stereocenters. The molecule has 166 valence electrons. The highest BCUT2D eigenvalue weighted by Gasteiger charge is 2.42. The molecule has 0 unspecified atom stereocenters. The summed E-state index contributed by atoms with van der Waals surface area (Å²) in [5.41, 5.74) is 1.19. The van der Waals surface area contributed by atoms with Gasteiger partial charge in [-0.1, -0.05) is 49.1 Å². The number of hydrogen-bond donors (Lipinski definition) is 1. The molecule has 1 saturated heterocycles. The van der Waals surface area contributed by atoms with Gasteiger partial charge in [0.05, 0.1) is 12.0 Å². The third kappa shape index (κ3) is 5.42. The molecule has 0 aromatic heterocycles. The van der Waals surface area contributed by atoms with Crippen LogP contribution in [0.25, 0.3) is 0 Å². The molecule has 0 radical (unpaired) electrons. The highest BCUT2D eigenvalue weighted by atomic mass is 35.5. The molecule has 1 N–H and O–H groups in total. The normalized spacial score (nSPS) is 18.6. The van der Waals surface area contributed by atoms with Crippen molar-refractivity contribution < 1.29 is 9.53 Å². The molecule has 1 amide bonds. The number of benzene rings is 2. The van der Waals surface area contributed by atoms with Crippen molar-refractivity contribution in [3.8, 4) is 5.75 Å². The number of rotatable bonds is 8. The number of nitrogens with zero attached hydrogens (tertiary/aromatic N) is 1. The van der Waals surface area contributed by atoms with Gasteiger partial charge in [0.2, 0.25) is 5.91 Å². The van der Waals surface area contributed by atoms with Gasteiger partial charge in [-0.25, -0.2) is 0 Å². The second kappa shape index (κ2) is 10.5. The summed E-state index contributed by atoms with van der Waals surface area (Å²) in [6, 6.07) is 15.5. The van der Waals surface area contributed by atoms with Gasteiger partial charge in [0.25, 0.3) is 0 Å². The predicted molar refractivity (Wildman–Crippen MR) is 127 cm³/mol. The molecular weight excluding hydrogens is 408 g/mol. The van der Waals surface area contributed by atoms with Crippen molar-refractivity contribution >= 4 is 23.2 Å². The van der Waals surface area contributed by atoms with E-state index in [2.05, 4.69) is 10.2 Å². The summed E-state index contributed by atoms with van der Waals surface area (Å²) in [6.45, 7) is 4.28.